The topological polar surface area (TPSA) is 20.3 Å². The summed E-state index contributed by atoms with van der Waals surface area (Å²) in [4.78, 5) is 15.2. The van der Waals surface area contributed by atoms with Crippen LogP contribution in [0, 0.1) is 0 Å². The molecule has 2 nitrogen and oxygen atoms in total. The van der Waals surface area contributed by atoms with E-state index in [1.54, 1.807) is 0 Å². The number of nitrogens with zero attached hydrogens (tertiary/aromatic N) is 1. The van der Waals surface area contributed by atoms with Crippen LogP contribution in [0.4, 0.5) is 0 Å². The zero-order chi connectivity index (χ0) is 17.2. The maximum absolute atomic E-state index is 13.1. The minimum atomic E-state index is 0.191. The number of carbonyl (C=O) groups excluding carboxylic acids is 1. The summed E-state index contributed by atoms with van der Waals surface area (Å²) in [7, 11) is 0. The van der Waals surface area contributed by atoms with Crippen LogP contribution in [-0.2, 0) is 0 Å². The van der Waals surface area contributed by atoms with Gasteiger partial charge in [-0.15, -0.1) is 0 Å². The summed E-state index contributed by atoms with van der Waals surface area (Å²) in [6, 6.07) is 14.2. The third-order valence-electron chi connectivity index (χ3n) is 4.62. The van der Waals surface area contributed by atoms with E-state index in [9.17, 15) is 4.79 Å². The van der Waals surface area contributed by atoms with Crippen molar-refractivity contribution in [3.05, 3.63) is 48.0 Å². The SMILES string of the molecule is CCCCCCCN(CCCC)C(=O)c1cccc2ccccc12. The second-order valence-corrected chi connectivity index (χ2v) is 6.59. The van der Waals surface area contributed by atoms with Crippen LogP contribution < -0.4 is 0 Å². The number of fused-ring (bicyclic) bond motifs is 1. The normalized spacial score (nSPS) is 10.9. The van der Waals surface area contributed by atoms with E-state index < -0.39 is 0 Å². The summed E-state index contributed by atoms with van der Waals surface area (Å²) in [5, 5.41) is 2.21. The van der Waals surface area contributed by atoms with Crippen molar-refractivity contribution in [2.75, 3.05) is 13.1 Å². The molecule has 0 saturated carbocycles. The molecule has 0 aliphatic carbocycles. The maximum atomic E-state index is 13.1. The number of rotatable bonds is 10. The smallest absolute Gasteiger partial charge is 0.254 e. The van der Waals surface area contributed by atoms with Gasteiger partial charge in [-0.2, -0.15) is 0 Å². The van der Waals surface area contributed by atoms with Gasteiger partial charge in [0, 0.05) is 18.7 Å². The molecule has 0 heterocycles. The van der Waals surface area contributed by atoms with Gasteiger partial charge < -0.3 is 4.90 Å². The summed E-state index contributed by atoms with van der Waals surface area (Å²) < 4.78 is 0. The molecule has 0 N–H and O–H groups in total. The van der Waals surface area contributed by atoms with Gasteiger partial charge in [-0.3, -0.25) is 4.79 Å². The molecular formula is C22H31NO. The number of carbonyl (C=O) groups is 1. The number of hydrogen-bond acceptors (Lipinski definition) is 1. The van der Waals surface area contributed by atoms with Crippen LogP contribution in [0.25, 0.3) is 10.8 Å². The summed E-state index contributed by atoms with van der Waals surface area (Å²) in [5.41, 5.74) is 0.845. The molecule has 0 atom stereocenters. The lowest BCUT2D eigenvalue weighted by Gasteiger charge is -2.23. The van der Waals surface area contributed by atoms with Gasteiger partial charge in [-0.05, 0) is 29.7 Å². The van der Waals surface area contributed by atoms with Crippen molar-refractivity contribution in [2.45, 2.75) is 58.8 Å². The third kappa shape index (κ3) is 5.09. The van der Waals surface area contributed by atoms with Crippen molar-refractivity contribution in [1.82, 2.24) is 4.90 Å². The molecule has 0 aliphatic rings. The molecule has 2 aromatic rings. The first kappa shape index (κ1) is 18.5. The van der Waals surface area contributed by atoms with E-state index in [0.29, 0.717) is 0 Å². The van der Waals surface area contributed by atoms with Crippen LogP contribution in [0.5, 0.6) is 0 Å². The van der Waals surface area contributed by atoms with Crippen molar-refractivity contribution < 1.29 is 4.79 Å². The Kier molecular flexibility index (Phi) is 7.81. The summed E-state index contributed by atoms with van der Waals surface area (Å²) in [6.45, 7) is 6.16. The molecule has 0 aromatic heterocycles. The van der Waals surface area contributed by atoms with Gasteiger partial charge >= 0.3 is 0 Å². The van der Waals surface area contributed by atoms with E-state index in [-0.39, 0.29) is 5.91 Å². The molecular weight excluding hydrogens is 294 g/mol. The maximum Gasteiger partial charge on any atom is 0.254 e. The molecule has 2 aromatic carbocycles. The second kappa shape index (κ2) is 10.1. The lowest BCUT2D eigenvalue weighted by Crippen LogP contribution is -2.33. The number of unbranched alkanes of at least 4 members (excludes halogenated alkanes) is 5. The predicted molar refractivity (Wildman–Crippen MR) is 104 cm³/mol. The van der Waals surface area contributed by atoms with E-state index in [2.05, 4.69) is 36.9 Å². The van der Waals surface area contributed by atoms with Gasteiger partial charge in [0.15, 0.2) is 0 Å². The van der Waals surface area contributed by atoms with E-state index in [4.69, 9.17) is 0 Å². The van der Waals surface area contributed by atoms with Crippen molar-refractivity contribution in [3.63, 3.8) is 0 Å². The van der Waals surface area contributed by atoms with Crippen LogP contribution in [-0.4, -0.2) is 23.9 Å². The zero-order valence-corrected chi connectivity index (χ0v) is 15.3. The number of amides is 1. The average molecular weight is 325 g/mol. The summed E-state index contributed by atoms with van der Waals surface area (Å²) in [5.74, 6) is 0.191. The minimum absolute atomic E-state index is 0.191. The molecule has 0 aliphatic heterocycles. The highest BCUT2D eigenvalue weighted by molar-refractivity contribution is 6.07. The van der Waals surface area contributed by atoms with Gasteiger partial charge in [-0.1, -0.05) is 82.3 Å². The fourth-order valence-corrected chi connectivity index (χ4v) is 3.15. The van der Waals surface area contributed by atoms with E-state index in [1.807, 2.05) is 24.3 Å². The fourth-order valence-electron chi connectivity index (χ4n) is 3.15. The average Bonchev–Trinajstić information content (AvgIpc) is 2.63. The molecule has 24 heavy (non-hydrogen) atoms. The molecule has 0 unspecified atom stereocenters. The van der Waals surface area contributed by atoms with Crippen molar-refractivity contribution in [3.8, 4) is 0 Å². The minimum Gasteiger partial charge on any atom is -0.339 e. The first-order valence-corrected chi connectivity index (χ1v) is 9.55. The predicted octanol–water partition coefficient (Wildman–Crippen LogP) is 6.05. The van der Waals surface area contributed by atoms with Gasteiger partial charge in [0.25, 0.3) is 5.91 Å². The number of hydrogen-bond donors (Lipinski definition) is 0. The number of benzene rings is 2. The van der Waals surface area contributed by atoms with E-state index in [0.717, 1.165) is 48.7 Å². The van der Waals surface area contributed by atoms with Gasteiger partial charge in [0.05, 0.1) is 0 Å². The van der Waals surface area contributed by atoms with Crippen LogP contribution in [0.1, 0.15) is 69.2 Å². The van der Waals surface area contributed by atoms with Gasteiger partial charge in [0.2, 0.25) is 0 Å². The van der Waals surface area contributed by atoms with E-state index in [1.165, 1.54) is 25.7 Å². The molecule has 2 heteroatoms. The van der Waals surface area contributed by atoms with Gasteiger partial charge in [-0.25, -0.2) is 0 Å². The fraction of sp³-hybridized carbons (Fsp3) is 0.500. The Balaban J connectivity index is 2.10. The van der Waals surface area contributed by atoms with Crippen LogP contribution in [0.3, 0.4) is 0 Å². The molecule has 1 amide bonds. The Morgan fingerprint density at radius 2 is 1.46 bits per heavy atom. The Bertz CT molecular complexity index is 629. The first-order valence-electron chi connectivity index (χ1n) is 9.55. The second-order valence-electron chi connectivity index (χ2n) is 6.59. The van der Waals surface area contributed by atoms with Crippen molar-refractivity contribution >= 4 is 16.7 Å². The Labute approximate surface area is 146 Å². The molecule has 0 saturated heterocycles. The van der Waals surface area contributed by atoms with E-state index >= 15 is 0 Å². The molecule has 0 fully saturated rings. The van der Waals surface area contributed by atoms with Crippen molar-refractivity contribution in [2.24, 2.45) is 0 Å². The molecule has 2 rings (SSSR count). The largest absolute Gasteiger partial charge is 0.339 e. The highest BCUT2D eigenvalue weighted by Crippen LogP contribution is 2.20. The lowest BCUT2D eigenvalue weighted by molar-refractivity contribution is 0.0752. The summed E-state index contributed by atoms with van der Waals surface area (Å²) >= 11 is 0. The Morgan fingerprint density at radius 3 is 2.25 bits per heavy atom. The Hall–Kier alpha value is -1.83. The Morgan fingerprint density at radius 1 is 0.792 bits per heavy atom. The summed E-state index contributed by atoms with van der Waals surface area (Å²) in [6.07, 6.45) is 8.36. The standard InChI is InChI=1S/C22H31NO/c1-3-5-7-8-11-18-23(17-6-4-2)22(24)21-16-12-14-19-13-9-10-15-20(19)21/h9-10,12-16H,3-8,11,17-18H2,1-2H3. The van der Waals surface area contributed by atoms with Crippen molar-refractivity contribution in [1.29, 1.82) is 0 Å². The zero-order valence-electron chi connectivity index (χ0n) is 15.3. The lowest BCUT2D eigenvalue weighted by atomic mass is 10.0. The van der Waals surface area contributed by atoms with Crippen LogP contribution in [0.2, 0.25) is 0 Å². The molecule has 0 bridgehead atoms. The highest BCUT2D eigenvalue weighted by atomic mass is 16.2. The highest BCUT2D eigenvalue weighted by Gasteiger charge is 2.17. The first-order chi connectivity index (χ1) is 11.8. The molecule has 130 valence electrons. The molecule has 0 spiro atoms. The molecule has 0 radical (unpaired) electrons. The van der Waals surface area contributed by atoms with Crippen LogP contribution in [0.15, 0.2) is 42.5 Å². The van der Waals surface area contributed by atoms with Gasteiger partial charge in [0.1, 0.15) is 0 Å². The third-order valence-corrected chi connectivity index (χ3v) is 4.62. The van der Waals surface area contributed by atoms with Crippen LogP contribution >= 0.6 is 0 Å². The monoisotopic (exact) mass is 325 g/mol. The quantitative estimate of drug-likeness (QED) is 0.487.